The van der Waals surface area contributed by atoms with Crippen LogP contribution in [0.15, 0.2) is 22.7 Å². The Bertz CT molecular complexity index is 477. The average Bonchev–Trinajstić information content (AvgIpc) is 2.43. The third-order valence-corrected chi connectivity index (χ3v) is 3.73. The quantitative estimate of drug-likeness (QED) is 0.814. The second-order valence-electron chi connectivity index (χ2n) is 5.35. The predicted molar refractivity (Wildman–Crippen MR) is 89.6 cm³/mol. The molecule has 0 spiro atoms. The van der Waals surface area contributed by atoms with Gasteiger partial charge < -0.3 is 15.0 Å². The van der Waals surface area contributed by atoms with Crippen LogP contribution in [-0.2, 0) is 4.79 Å². The molecule has 0 saturated heterocycles. The number of halogens is 1. The van der Waals surface area contributed by atoms with Crippen LogP contribution < -0.4 is 10.1 Å². The van der Waals surface area contributed by atoms with Crippen LogP contribution in [0.1, 0.15) is 38.8 Å². The average molecular weight is 357 g/mol. The Morgan fingerprint density at radius 3 is 2.62 bits per heavy atom. The van der Waals surface area contributed by atoms with E-state index in [0.29, 0.717) is 0 Å². The van der Waals surface area contributed by atoms with Crippen molar-refractivity contribution in [2.75, 3.05) is 20.6 Å². The molecular weight excluding hydrogens is 332 g/mol. The molecule has 1 aromatic carbocycles. The number of ether oxygens (including phenoxy) is 1. The largest absolute Gasteiger partial charge is 0.481 e. The number of likely N-dealkylation sites (N-methyl/N-ethyl adjacent to an activating group) is 1. The summed E-state index contributed by atoms with van der Waals surface area (Å²) in [6.45, 7) is 6.96. The molecule has 4 nitrogen and oxygen atoms in total. The van der Waals surface area contributed by atoms with Gasteiger partial charge in [-0.15, -0.1) is 0 Å². The number of hydrogen-bond acceptors (Lipinski definition) is 3. The predicted octanol–water partition coefficient (Wildman–Crippen LogP) is 3.37. The summed E-state index contributed by atoms with van der Waals surface area (Å²) in [5, 5.41) is 3.44. The van der Waals surface area contributed by atoms with Gasteiger partial charge in [-0.1, -0.05) is 28.9 Å². The number of benzene rings is 1. The minimum absolute atomic E-state index is 0.0462. The molecule has 0 aliphatic carbocycles. The van der Waals surface area contributed by atoms with E-state index in [1.165, 1.54) is 0 Å². The number of hydrogen-bond donors (Lipinski definition) is 1. The van der Waals surface area contributed by atoms with Gasteiger partial charge >= 0.3 is 0 Å². The van der Waals surface area contributed by atoms with Crippen LogP contribution in [0.4, 0.5) is 0 Å². The Balaban J connectivity index is 2.94. The molecule has 1 rings (SSSR count). The van der Waals surface area contributed by atoms with Crippen molar-refractivity contribution in [2.45, 2.75) is 39.3 Å². The number of rotatable bonds is 7. The summed E-state index contributed by atoms with van der Waals surface area (Å²) >= 11 is 3.46. The molecule has 0 fully saturated rings. The summed E-state index contributed by atoms with van der Waals surface area (Å²) in [5.41, 5.74) is 1.06. The van der Waals surface area contributed by atoms with Gasteiger partial charge in [0.25, 0.3) is 5.91 Å². The normalized spacial score (nSPS) is 13.6. The lowest BCUT2D eigenvalue weighted by Gasteiger charge is -2.22. The molecule has 0 radical (unpaired) electrons. The highest BCUT2D eigenvalue weighted by Gasteiger charge is 2.19. The van der Waals surface area contributed by atoms with Crippen molar-refractivity contribution in [2.24, 2.45) is 0 Å². The first-order chi connectivity index (χ1) is 9.86. The summed E-state index contributed by atoms with van der Waals surface area (Å²) in [6.07, 6.45) is 0.568. The minimum Gasteiger partial charge on any atom is -0.481 e. The number of nitrogens with one attached hydrogen (secondary N) is 1. The molecule has 0 bridgehead atoms. The zero-order valence-corrected chi connectivity index (χ0v) is 15.0. The van der Waals surface area contributed by atoms with Crippen LogP contribution in [0.5, 0.6) is 5.75 Å². The Hall–Kier alpha value is -1.07. The molecule has 1 aromatic rings. The van der Waals surface area contributed by atoms with Gasteiger partial charge in [-0.3, -0.25) is 4.79 Å². The van der Waals surface area contributed by atoms with E-state index in [1.54, 1.807) is 25.9 Å². The molecule has 0 aromatic heterocycles. The van der Waals surface area contributed by atoms with Crippen LogP contribution in [0.2, 0.25) is 0 Å². The number of amides is 1. The second-order valence-corrected chi connectivity index (χ2v) is 6.27. The minimum atomic E-state index is -0.508. The van der Waals surface area contributed by atoms with Gasteiger partial charge in [0, 0.05) is 30.2 Å². The van der Waals surface area contributed by atoms with Crippen molar-refractivity contribution in [3.8, 4) is 5.75 Å². The van der Waals surface area contributed by atoms with Crippen LogP contribution in [-0.4, -0.2) is 37.6 Å². The van der Waals surface area contributed by atoms with Gasteiger partial charge in [0.1, 0.15) is 5.75 Å². The summed E-state index contributed by atoms with van der Waals surface area (Å²) in [6, 6.07) is 6.11. The van der Waals surface area contributed by atoms with Crippen molar-refractivity contribution in [1.29, 1.82) is 0 Å². The zero-order valence-electron chi connectivity index (χ0n) is 13.4. The van der Waals surface area contributed by atoms with E-state index in [1.807, 2.05) is 18.2 Å². The number of carbonyl (C=O) groups excluding carboxylic acids is 1. The molecule has 5 heteroatoms. The van der Waals surface area contributed by atoms with Crippen molar-refractivity contribution in [3.05, 3.63) is 28.2 Å². The molecule has 0 saturated carbocycles. The molecule has 2 atom stereocenters. The molecule has 0 aliphatic rings. The Morgan fingerprint density at radius 1 is 1.38 bits per heavy atom. The summed E-state index contributed by atoms with van der Waals surface area (Å²) in [7, 11) is 3.46. The fourth-order valence-corrected chi connectivity index (χ4v) is 2.38. The van der Waals surface area contributed by atoms with Crippen molar-refractivity contribution < 1.29 is 9.53 Å². The maximum absolute atomic E-state index is 12.0. The third-order valence-electron chi connectivity index (χ3n) is 3.23. The second kappa shape index (κ2) is 8.39. The van der Waals surface area contributed by atoms with Gasteiger partial charge in [0.2, 0.25) is 0 Å². The van der Waals surface area contributed by atoms with Crippen molar-refractivity contribution in [1.82, 2.24) is 10.2 Å². The first kappa shape index (κ1) is 18.0. The Labute approximate surface area is 136 Å². The van der Waals surface area contributed by atoms with Crippen molar-refractivity contribution in [3.63, 3.8) is 0 Å². The third kappa shape index (κ3) is 5.32. The molecule has 21 heavy (non-hydrogen) atoms. The Morgan fingerprint density at radius 2 is 2.05 bits per heavy atom. The molecule has 118 valence electrons. The lowest BCUT2D eigenvalue weighted by molar-refractivity contribution is -0.135. The Kier molecular flexibility index (Phi) is 7.18. The smallest absolute Gasteiger partial charge is 0.262 e. The van der Waals surface area contributed by atoms with Gasteiger partial charge in [-0.25, -0.2) is 0 Å². The van der Waals surface area contributed by atoms with Crippen LogP contribution in [0, 0.1) is 0 Å². The van der Waals surface area contributed by atoms with Gasteiger partial charge in [0.15, 0.2) is 6.10 Å². The highest BCUT2D eigenvalue weighted by atomic mass is 79.9. The fraction of sp³-hybridized carbons (Fsp3) is 0.562. The molecule has 0 heterocycles. The molecule has 2 unspecified atom stereocenters. The molecule has 1 amide bonds. The number of nitrogens with zero attached hydrogens (tertiary/aromatic N) is 1. The van der Waals surface area contributed by atoms with E-state index in [9.17, 15) is 4.79 Å². The molecule has 0 aliphatic heterocycles. The standard InChI is InChI=1S/C16H25BrN2O2/c1-6-9-18-11(2)14-8-7-13(17)10-15(14)21-12(3)16(20)19(4)5/h7-8,10-12,18H,6,9H2,1-5H3. The van der Waals surface area contributed by atoms with E-state index in [4.69, 9.17) is 4.74 Å². The van der Waals surface area contributed by atoms with Gasteiger partial charge in [-0.2, -0.15) is 0 Å². The van der Waals surface area contributed by atoms with Gasteiger partial charge in [0.05, 0.1) is 0 Å². The first-order valence-electron chi connectivity index (χ1n) is 7.27. The van der Waals surface area contributed by atoms with E-state index in [0.717, 1.165) is 28.8 Å². The van der Waals surface area contributed by atoms with Gasteiger partial charge in [-0.05, 0) is 38.9 Å². The van der Waals surface area contributed by atoms with E-state index >= 15 is 0 Å². The molecular formula is C16H25BrN2O2. The van der Waals surface area contributed by atoms with Crippen LogP contribution in [0.3, 0.4) is 0 Å². The summed E-state index contributed by atoms with van der Waals surface area (Å²) in [5.74, 6) is 0.693. The maximum Gasteiger partial charge on any atom is 0.262 e. The van der Waals surface area contributed by atoms with E-state index in [-0.39, 0.29) is 11.9 Å². The summed E-state index contributed by atoms with van der Waals surface area (Å²) in [4.78, 5) is 13.5. The first-order valence-corrected chi connectivity index (χ1v) is 8.06. The number of carbonyl (C=O) groups is 1. The maximum atomic E-state index is 12.0. The van der Waals surface area contributed by atoms with Crippen molar-refractivity contribution >= 4 is 21.8 Å². The SMILES string of the molecule is CCCNC(C)c1ccc(Br)cc1OC(C)C(=O)N(C)C. The molecule has 1 N–H and O–H groups in total. The lowest BCUT2D eigenvalue weighted by atomic mass is 10.1. The van der Waals surface area contributed by atoms with Crippen LogP contribution >= 0.6 is 15.9 Å². The highest BCUT2D eigenvalue weighted by Crippen LogP contribution is 2.29. The topological polar surface area (TPSA) is 41.6 Å². The lowest BCUT2D eigenvalue weighted by Crippen LogP contribution is -2.35. The zero-order chi connectivity index (χ0) is 16.0. The van der Waals surface area contributed by atoms with E-state index in [2.05, 4.69) is 35.1 Å². The van der Waals surface area contributed by atoms with E-state index < -0.39 is 6.10 Å². The monoisotopic (exact) mass is 356 g/mol. The van der Waals surface area contributed by atoms with Crippen LogP contribution in [0.25, 0.3) is 0 Å². The highest BCUT2D eigenvalue weighted by molar-refractivity contribution is 9.10. The fourth-order valence-electron chi connectivity index (χ4n) is 2.04. The summed E-state index contributed by atoms with van der Waals surface area (Å²) < 4.78 is 6.83.